The first kappa shape index (κ1) is 11.9. The van der Waals surface area contributed by atoms with Crippen LogP contribution in [0.2, 0.25) is 0 Å². The maximum absolute atomic E-state index is 10.8. The molecule has 1 rings (SSSR count). The molecule has 7 nitrogen and oxygen atoms in total. The van der Waals surface area contributed by atoms with Crippen LogP contribution >= 0.6 is 0 Å². The number of aliphatic hydroxyl groups excluding tert-OH is 1. The Hall–Kier alpha value is -2.15. The topological polar surface area (TPSA) is 118 Å². The molecule has 0 heterocycles. The Balaban J connectivity index is 3.19. The van der Waals surface area contributed by atoms with Crippen LogP contribution in [0.3, 0.4) is 0 Å². The van der Waals surface area contributed by atoms with Crippen molar-refractivity contribution in [3.05, 3.63) is 33.9 Å². The summed E-state index contributed by atoms with van der Waals surface area (Å²) in [4.78, 5) is 20.9. The summed E-state index contributed by atoms with van der Waals surface area (Å²) in [5.74, 6) is -0.744. The second kappa shape index (κ2) is 4.58. The average molecular weight is 225 g/mol. The van der Waals surface area contributed by atoms with Gasteiger partial charge in [-0.3, -0.25) is 14.9 Å². The lowest BCUT2D eigenvalue weighted by molar-refractivity contribution is -0.384. The highest BCUT2D eigenvalue weighted by atomic mass is 16.6. The Kier molecular flexibility index (Phi) is 3.41. The van der Waals surface area contributed by atoms with Crippen LogP contribution in [-0.4, -0.2) is 22.2 Å². The Bertz CT molecular complexity index is 431. The predicted molar refractivity (Wildman–Crippen MR) is 56.9 cm³/mol. The number of aliphatic hydroxyl groups is 1. The van der Waals surface area contributed by atoms with Crippen LogP contribution < -0.4 is 11.1 Å². The molecule has 1 aromatic rings. The Labute approximate surface area is 91.0 Å². The molecule has 7 heteroatoms. The van der Waals surface area contributed by atoms with Crippen molar-refractivity contribution in [2.24, 2.45) is 5.73 Å². The first-order valence-corrected chi connectivity index (χ1v) is 4.44. The SMILES string of the molecule is CC(O)Nc1ccc(C(N)=O)cc1[N+](=O)[O-]. The molecule has 1 amide bonds. The van der Waals surface area contributed by atoms with Crippen LogP contribution in [0.25, 0.3) is 0 Å². The van der Waals surface area contributed by atoms with Crippen LogP contribution in [0, 0.1) is 10.1 Å². The molecular formula is C9H11N3O4. The third kappa shape index (κ3) is 2.67. The van der Waals surface area contributed by atoms with E-state index in [1.54, 1.807) is 0 Å². The van der Waals surface area contributed by atoms with Crippen molar-refractivity contribution in [1.82, 2.24) is 0 Å². The number of carbonyl (C=O) groups excluding carboxylic acids is 1. The van der Waals surface area contributed by atoms with Crippen LogP contribution in [0.1, 0.15) is 17.3 Å². The number of rotatable bonds is 4. The number of benzene rings is 1. The van der Waals surface area contributed by atoms with Gasteiger partial charge in [-0.2, -0.15) is 0 Å². The molecule has 0 aromatic heterocycles. The zero-order valence-corrected chi connectivity index (χ0v) is 8.51. The van der Waals surface area contributed by atoms with Crippen LogP contribution in [0.5, 0.6) is 0 Å². The number of nitrogens with one attached hydrogen (secondary N) is 1. The maximum atomic E-state index is 10.8. The number of nitro groups is 1. The lowest BCUT2D eigenvalue weighted by Gasteiger charge is -2.09. The van der Waals surface area contributed by atoms with Gasteiger partial charge in [0.1, 0.15) is 11.9 Å². The molecule has 0 aliphatic carbocycles. The lowest BCUT2D eigenvalue weighted by atomic mass is 10.1. The van der Waals surface area contributed by atoms with E-state index in [4.69, 9.17) is 10.8 Å². The third-order valence-electron chi connectivity index (χ3n) is 1.84. The minimum Gasteiger partial charge on any atom is -0.374 e. The molecule has 1 atom stereocenters. The fraction of sp³-hybridized carbons (Fsp3) is 0.222. The van der Waals surface area contributed by atoms with E-state index in [0.717, 1.165) is 6.07 Å². The highest BCUT2D eigenvalue weighted by Crippen LogP contribution is 2.25. The fourth-order valence-electron chi connectivity index (χ4n) is 1.18. The third-order valence-corrected chi connectivity index (χ3v) is 1.84. The van der Waals surface area contributed by atoms with Gasteiger partial charge in [0.2, 0.25) is 5.91 Å². The van der Waals surface area contributed by atoms with E-state index in [-0.39, 0.29) is 16.9 Å². The summed E-state index contributed by atoms with van der Waals surface area (Å²) >= 11 is 0. The normalized spacial score (nSPS) is 11.9. The minimum absolute atomic E-state index is 0.0443. The second-order valence-corrected chi connectivity index (χ2v) is 3.17. The molecule has 16 heavy (non-hydrogen) atoms. The van der Waals surface area contributed by atoms with Crippen molar-refractivity contribution in [2.45, 2.75) is 13.2 Å². The molecular weight excluding hydrogens is 214 g/mol. The molecule has 0 saturated heterocycles. The van der Waals surface area contributed by atoms with E-state index >= 15 is 0 Å². The summed E-state index contributed by atoms with van der Waals surface area (Å²) in [5, 5.41) is 22.3. The van der Waals surface area contributed by atoms with Crippen LogP contribution in [-0.2, 0) is 0 Å². The minimum atomic E-state index is -0.932. The van der Waals surface area contributed by atoms with Crippen molar-refractivity contribution < 1.29 is 14.8 Å². The molecule has 0 aliphatic heterocycles. The number of hydrogen-bond acceptors (Lipinski definition) is 5. The van der Waals surface area contributed by atoms with E-state index in [9.17, 15) is 14.9 Å². The van der Waals surface area contributed by atoms with Crippen LogP contribution in [0.15, 0.2) is 18.2 Å². The van der Waals surface area contributed by atoms with Gasteiger partial charge in [0.15, 0.2) is 0 Å². The van der Waals surface area contributed by atoms with Crippen molar-refractivity contribution in [1.29, 1.82) is 0 Å². The molecule has 1 unspecified atom stereocenters. The van der Waals surface area contributed by atoms with Crippen molar-refractivity contribution in [2.75, 3.05) is 5.32 Å². The number of nitrogens with zero attached hydrogens (tertiary/aromatic N) is 1. The maximum Gasteiger partial charge on any atom is 0.293 e. The summed E-state index contributed by atoms with van der Waals surface area (Å²) < 4.78 is 0. The molecule has 4 N–H and O–H groups in total. The van der Waals surface area contributed by atoms with E-state index in [1.807, 2.05) is 0 Å². The molecule has 0 aliphatic rings. The standard InChI is InChI=1S/C9H11N3O4/c1-5(13)11-7-3-2-6(9(10)14)4-8(7)12(15)16/h2-5,11,13H,1H3,(H2,10,14). The highest BCUT2D eigenvalue weighted by molar-refractivity contribution is 5.94. The second-order valence-electron chi connectivity index (χ2n) is 3.17. The van der Waals surface area contributed by atoms with Gasteiger partial charge in [-0.15, -0.1) is 0 Å². The van der Waals surface area contributed by atoms with Crippen molar-refractivity contribution in [3.63, 3.8) is 0 Å². The van der Waals surface area contributed by atoms with E-state index in [1.165, 1.54) is 19.1 Å². The lowest BCUT2D eigenvalue weighted by Crippen LogP contribution is -2.16. The van der Waals surface area contributed by atoms with Crippen molar-refractivity contribution >= 4 is 17.3 Å². The average Bonchev–Trinajstić information content (AvgIpc) is 2.16. The molecule has 0 radical (unpaired) electrons. The number of carbonyl (C=O) groups is 1. The Morgan fingerprint density at radius 1 is 1.62 bits per heavy atom. The fourth-order valence-corrected chi connectivity index (χ4v) is 1.18. The summed E-state index contributed by atoms with van der Waals surface area (Å²) in [6, 6.07) is 3.73. The summed E-state index contributed by atoms with van der Waals surface area (Å²) in [5.41, 5.74) is 4.87. The van der Waals surface area contributed by atoms with Gasteiger partial charge in [0.05, 0.1) is 4.92 Å². The Morgan fingerprint density at radius 3 is 2.69 bits per heavy atom. The Morgan fingerprint density at radius 2 is 2.25 bits per heavy atom. The van der Waals surface area contributed by atoms with Gasteiger partial charge in [-0.25, -0.2) is 0 Å². The zero-order valence-electron chi connectivity index (χ0n) is 8.51. The molecule has 0 saturated carbocycles. The number of anilines is 1. The van der Waals surface area contributed by atoms with Crippen molar-refractivity contribution in [3.8, 4) is 0 Å². The zero-order chi connectivity index (χ0) is 12.3. The summed E-state index contributed by atoms with van der Waals surface area (Å²) in [6.45, 7) is 1.42. The summed E-state index contributed by atoms with van der Waals surface area (Å²) in [6.07, 6.45) is -0.932. The number of amides is 1. The molecule has 1 aromatic carbocycles. The number of nitrogens with two attached hydrogens (primary N) is 1. The number of nitro benzene ring substituents is 1. The van der Waals surface area contributed by atoms with Gasteiger partial charge in [-0.1, -0.05) is 0 Å². The molecule has 0 fully saturated rings. The predicted octanol–water partition coefficient (Wildman–Crippen LogP) is 0.444. The molecule has 0 spiro atoms. The summed E-state index contributed by atoms with van der Waals surface area (Å²) in [7, 11) is 0. The number of primary amides is 1. The largest absolute Gasteiger partial charge is 0.374 e. The van der Waals surface area contributed by atoms with Crippen LogP contribution in [0.4, 0.5) is 11.4 Å². The van der Waals surface area contributed by atoms with Gasteiger partial charge >= 0.3 is 0 Å². The number of hydrogen-bond donors (Lipinski definition) is 3. The smallest absolute Gasteiger partial charge is 0.293 e. The van der Waals surface area contributed by atoms with E-state index in [2.05, 4.69) is 5.32 Å². The van der Waals surface area contributed by atoms with E-state index < -0.39 is 17.1 Å². The molecule has 86 valence electrons. The quantitative estimate of drug-likeness (QED) is 0.390. The first-order valence-electron chi connectivity index (χ1n) is 4.44. The monoisotopic (exact) mass is 225 g/mol. The van der Waals surface area contributed by atoms with Gasteiger partial charge in [0.25, 0.3) is 5.69 Å². The van der Waals surface area contributed by atoms with Gasteiger partial charge < -0.3 is 16.2 Å². The first-order chi connectivity index (χ1) is 7.41. The molecule has 0 bridgehead atoms. The van der Waals surface area contributed by atoms with Gasteiger partial charge in [-0.05, 0) is 19.1 Å². The van der Waals surface area contributed by atoms with Gasteiger partial charge in [0, 0.05) is 11.6 Å². The van der Waals surface area contributed by atoms with E-state index in [0.29, 0.717) is 0 Å². The highest BCUT2D eigenvalue weighted by Gasteiger charge is 2.17.